The van der Waals surface area contributed by atoms with E-state index in [0.29, 0.717) is 12.1 Å². The zero-order valence-electron chi connectivity index (χ0n) is 17.8. The van der Waals surface area contributed by atoms with E-state index < -0.39 is 0 Å². The van der Waals surface area contributed by atoms with Crippen LogP contribution in [0, 0.1) is 0 Å². The Morgan fingerprint density at radius 2 is 1.86 bits per heavy atom. The summed E-state index contributed by atoms with van der Waals surface area (Å²) in [6.07, 6.45) is 6.14. The second kappa shape index (κ2) is 8.17. The lowest BCUT2D eigenvalue weighted by molar-refractivity contribution is -0.132. The maximum Gasteiger partial charge on any atom is 0.270 e. The summed E-state index contributed by atoms with van der Waals surface area (Å²) in [6.45, 7) is 11.8. The quantitative estimate of drug-likeness (QED) is 0.796. The number of likely N-dealkylation sites (tertiary alicyclic amines) is 1. The molecule has 1 spiro atoms. The van der Waals surface area contributed by atoms with E-state index in [-0.39, 0.29) is 11.5 Å². The van der Waals surface area contributed by atoms with Crippen LogP contribution in [-0.2, 0) is 11.8 Å². The molecule has 1 unspecified atom stereocenters. The van der Waals surface area contributed by atoms with Crippen molar-refractivity contribution in [1.82, 2.24) is 19.3 Å². The topological polar surface area (TPSA) is 41.0 Å². The van der Waals surface area contributed by atoms with Gasteiger partial charge in [-0.25, -0.2) is 0 Å². The highest BCUT2D eigenvalue weighted by atomic mass is 16.5. The zero-order valence-corrected chi connectivity index (χ0v) is 17.8. The van der Waals surface area contributed by atoms with Gasteiger partial charge in [0.15, 0.2) is 0 Å². The van der Waals surface area contributed by atoms with Gasteiger partial charge in [0, 0.05) is 71.2 Å². The molecule has 0 aliphatic carbocycles. The van der Waals surface area contributed by atoms with E-state index in [1.54, 1.807) is 0 Å². The van der Waals surface area contributed by atoms with E-state index >= 15 is 0 Å². The van der Waals surface area contributed by atoms with Crippen molar-refractivity contribution < 1.29 is 9.53 Å². The molecular formula is C22H36N4O2. The van der Waals surface area contributed by atoms with Gasteiger partial charge in [-0.15, -0.1) is 0 Å². The average Bonchev–Trinajstić information content (AvgIpc) is 3.14. The number of carbonyl (C=O) groups is 1. The fraction of sp³-hybridized carbons (Fsp3) is 0.773. The highest BCUT2D eigenvalue weighted by molar-refractivity contribution is 5.92. The van der Waals surface area contributed by atoms with Gasteiger partial charge in [0.2, 0.25) is 0 Å². The van der Waals surface area contributed by atoms with Crippen LogP contribution in [0.1, 0.15) is 50.0 Å². The largest absolute Gasteiger partial charge is 0.375 e. The summed E-state index contributed by atoms with van der Waals surface area (Å²) in [6, 6.07) is 5.14. The number of nitrogens with zero attached hydrogens (tertiary/aromatic N) is 4. The summed E-state index contributed by atoms with van der Waals surface area (Å²) < 4.78 is 8.26. The molecule has 4 rings (SSSR count). The van der Waals surface area contributed by atoms with Gasteiger partial charge in [-0.05, 0) is 51.7 Å². The minimum atomic E-state index is -0.0247. The molecule has 0 N–H and O–H groups in total. The van der Waals surface area contributed by atoms with Crippen molar-refractivity contribution in [2.45, 2.75) is 57.2 Å². The third-order valence-corrected chi connectivity index (χ3v) is 7.19. The minimum absolute atomic E-state index is 0.0247. The number of hydrogen-bond donors (Lipinski definition) is 0. The Morgan fingerprint density at radius 3 is 2.46 bits per heavy atom. The maximum absolute atomic E-state index is 12.8. The van der Waals surface area contributed by atoms with Gasteiger partial charge in [0.25, 0.3) is 5.91 Å². The Labute approximate surface area is 169 Å². The molecule has 0 aromatic carbocycles. The lowest BCUT2D eigenvalue weighted by atomic mass is 9.81. The number of piperidine rings is 1. The second-order valence-electron chi connectivity index (χ2n) is 9.14. The number of carbonyl (C=O) groups excluding carboxylic acids is 1. The number of piperazine rings is 1. The van der Waals surface area contributed by atoms with Crippen molar-refractivity contribution >= 4 is 5.91 Å². The van der Waals surface area contributed by atoms with Gasteiger partial charge in [0.05, 0.1) is 5.60 Å². The molecule has 1 aromatic heterocycles. The van der Waals surface area contributed by atoms with Crippen LogP contribution in [0.25, 0.3) is 0 Å². The van der Waals surface area contributed by atoms with E-state index in [9.17, 15) is 4.79 Å². The van der Waals surface area contributed by atoms with Gasteiger partial charge in [-0.1, -0.05) is 0 Å². The van der Waals surface area contributed by atoms with Crippen LogP contribution in [0.3, 0.4) is 0 Å². The smallest absolute Gasteiger partial charge is 0.270 e. The highest BCUT2D eigenvalue weighted by Crippen LogP contribution is 2.37. The molecule has 3 aliphatic rings. The molecular weight excluding hydrogens is 352 g/mol. The van der Waals surface area contributed by atoms with Crippen LogP contribution >= 0.6 is 0 Å². The molecule has 1 atom stereocenters. The van der Waals surface area contributed by atoms with Crippen LogP contribution in [-0.4, -0.2) is 88.7 Å². The molecule has 0 saturated carbocycles. The van der Waals surface area contributed by atoms with Crippen LogP contribution < -0.4 is 0 Å². The first-order chi connectivity index (χ1) is 13.5. The molecule has 6 heteroatoms. The number of amides is 1. The fourth-order valence-corrected chi connectivity index (χ4v) is 5.24. The lowest BCUT2D eigenvalue weighted by Crippen LogP contribution is -2.58. The standard InChI is InChI=1S/C22H36N4O2/c1-18(2)24-12-14-25(15-13-24)19-6-16-28-22(17-19)7-10-26(11-8-22)21(27)20-5-4-9-23(20)3/h4-5,9,18-19H,6-8,10-17H2,1-3H3. The van der Waals surface area contributed by atoms with Crippen LogP contribution in [0.4, 0.5) is 0 Å². The molecule has 3 fully saturated rings. The number of aromatic nitrogens is 1. The van der Waals surface area contributed by atoms with Crippen LogP contribution in [0.15, 0.2) is 18.3 Å². The number of hydrogen-bond acceptors (Lipinski definition) is 4. The van der Waals surface area contributed by atoms with Gasteiger partial charge in [-0.3, -0.25) is 14.6 Å². The summed E-state index contributed by atoms with van der Waals surface area (Å²) in [5.74, 6) is 0.152. The van der Waals surface area contributed by atoms with Crippen LogP contribution in [0.2, 0.25) is 0 Å². The number of ether oxygens (including phenoxy) is 1. The molecule has 0 bridgehead atoms. The summed E-state index contributed by atoms with van der Waals surface area (Å²) in [5, 5.41) is 0. The van der Waals surface area contributed by atoms with Crippen molar-refractivity contribution in [3.05, 3.63) is 24.0 Å². The van der Waals surface area contributed by atoms with Crippen molar-refractivity contribution in [1.29, 1.82) is 0 Å². The van der Waals surface area contributed by atoms with E-state index in [2.05, 4.69) is 23.6 Å². The normalized spacial score (nSPS) is 26.9. The monoisotopic (exact) mass is 388 g/mol. The Hall–Kier alpha value is -1.37. The van der Waals surface area contributed by atoms with Crippen molar-refractivity contribution in [3.8, 4) is 0 Å². The van der Waals surface area contributed by atoms with E-state index in [4.69, 9.17) is 4.74 Å². The first-order valence-electron chi connectivity index (χ1n) is 11.0. The average molecular weight is 389 g/mol. The molecule has 0 radical (unpaired) electrons. The Balaban J connectivity index is 1.33. The summed E-state index contributed by atoms with van der Waals surface area (Å²) in [7, 11) is 1.94. The zero-order chi connectivity index (χ0) is 19.7. The first-order valence-corrected chi connectivity index (χ1v) is 11.0. The predicted molar refractivity (Wildman–Crippen MR) is 111 cm³/mol. The van der Waals surface area contributed by atoms with Gasteiger partial charge in [-0.2, -0.15) is 0 Å². The van der Waals surface area contributed by atoms with Crippen LogP contribution in [0.5, 0.6) is 0 Å². The van der Waals surface area contributed by atoms with Crippen molar-refractivity contribution in [2.75, 3.05) is 45.9 Å². The molecule has 3 aliphatic heterocycles. The maximum atomic E-state index is 12.8. The molecule has 1 amide bonds. The Bertz CT molecular complexity index is 670. The molecule has 156 valence electrons. The second-order valence-corrected chi connectivity index (χ2v) is 9.14. The van der Waals surface area contributed by atoms with Gasteiger partial charge < -0.3 is 14.2 Å². The SMILES string of the molecule is CC(C)N1CCN(C2CCOC3(CCN(C(=O)c4cccn4C)CC3)C2)CC1. The summed E-state index contributed by atoms with van der Waals surface area (Å²) in [4.78, 5) is 20.1. The molecule has 28 heavy (non-hydrogen) atoms. The minimum Gasteiger partial charge on any atom is -0.375 e. The third-order valence-electron chi connectivity index (χ3n) is 7.19. The lowest BCUT2D eigenvalue weighted by Gasteiger charge is -2.50. The number of rotatable bonds is 3. The Morgan fingerprint density at radius 1 is 1.14 bits per heavy atom. The highest BCUT2D eigenvalue weighted by Gasteiger charge is 2.43. The number of aryl methyl sites for hydroxylation is 1. The first kappa shape index (κ1) is 19.9. The van der Waals surface area contributed by atoms with Gasteiger partial charge in [0.1, 0.15) is 5.69 Å². The predicted octanol–water partition coefficient (Wildman–Crippen LogP) is 2.20. The fourth-order valence-electron chi connectivity index (χ4n) is 5.24. The van der Waals surface area contributed by atoms with Gasteiger partial charge >= 0.3 is 0 Å². The molecule has 6 nitrogen and oxygen atoms in total. The van der Waals surface area contributed by atoms with E-state index in [1.165, 1.54) is 26.2 Å². The summed E-state index contributed by atoms with van der Waals surface area (Å²) in [5.41, 5.74) is 0.754. The molecule has 3 saturated heterocycles. The van der Waals surface area contributed by atoms with E-state index in [0.717, 1.165) is 51.1 Å². The van der Waals surface area contributed by atoms with Crippen molar-refractivity contribution in [2.24, 2.45) is 7.05 Å². The Kier molecular flexibility index (Phi) is 5.81. The molecule has 1 aromatic rings. The third kappa shape index (κ3) is 4.00. The summed E-state index contributed by atoms with van der Waals surface area (Å²) >= 11 is 0. The van der Waals surface area contributed by atoms with Crippen molar-refractivity contribution in [3.63, 3.8) is 0 Å². The van der Waals surface area contributed by atoms with E-state index in [1.807, 2.05) is 34.8 Å². The molecule has 4 heterocycles.